The molecular formula is C16H13NO4. The minimum absolute atomic E-state index is 0.351. The number of carbonyl (C=O) groups is 2. The van der Waals surface area contributed by atoms with Crippen LogP contribution in [0.4, 0.5) is 5.69 Å². The summed E-state index contributed by atoms with van der Waals surface area (Å²) in [5.74, 6) is -0.481. The lowest BCUT2D eigenvalue weighted by Gasteiger charge is -2.02. The fourth-order valence-electron chi connectivity index (χ4n) is 1.89. The molecule has 21 heavy (non-hydrogen) atoms. The molecule has 2 aromatic rings. The number of carbonyl (C=O) groups excluding carboxylic acids is 2. The van der Waals surface area contributed by atoms with E-state index in [0.29, 0.717) is 11.4 Å². The van der Waals surface area contributed by atoms with Gasteiger partial charge in [-0.3, -0.25) is 4.79 Å². The summed E-state index contributed by atoms with van der Waals surface area (Å²) in [5, 5.41) is 2.68. The number of epoxide rings is 1. The Labute approximate surface area is 121 Å². The Balaban J connectivity index is 1.54. The van der Waals surface area contributed by atoms with Crippen LogP contribution >= 0.6 is 0 Å². The van der Waals surface area contributed by atoms with Crippen LogP contribution in [0.2, 0.25) is 0 Å². The molecule has 2 atom stereocenters. The van der Waals surface area contributed by atoms with E-state index in [1.54, 1.807) is 36.4 Å². The SMILES string of the molecule is O=C(Nc1ccccc1)C1OC1C(=O)Oc1ccccc1. The van der Waals surface area contributed by atoms with Gasteiger partial charge in [-0.2, -0.15) is 0 Å². The minimum Gasteiger partial charge on any atom is -0.425 e. The zero-order valence-corrected chi connectivity index (χ0v) is 11.1. The summed E-state index contributed by atoms with van der Waals surface area (Å²) in [6.07, 6.45) is -1.63. The number of ether oxygens (including phenoxy) is 2. The minimum atomic E-state index is -0.839. The zero-order valence-electron chi connectivity index (χ0n) is 11.1. The third kappa shape index (κ3) is 3.27. The number of anilines is 1. The van der Waals surface area contributed by atoms with E-state index in [1.807, 2.05) is 24.3 Å². The molecule has 0 bridgehead atoms. The molecule has 1 aliphatic rings. The van der Waals surface area contributed by atoms with Crippen LogP contribution in [0.25, 0.3) is 0 Å². The molecule has 0 saturated carbocycles. The highest BCUT2D eigenvalue weighted by Crippen LogP contribution is 2.26. The highest BCUT2D eigenvalue weighted by Gasteiger charge is 2.51. The quantitative estimate of drug-likeness (QED) is 0.529. The predicted octanol–water partition coefficient (Wildman–Crippen LogP) is 2.00. The fourth-order valence-corrected chi connectivity index (χ4v) is 1.89. The van der Waals surface area contributed by atoms with Crippen molar-refractivity contribution < 1.29 is 19.1 Å². The van der Waals surface area contributed by atoms with Crippen LogP contribution in [-0.2, 0) is 14.3 Å². The molecule has 5 heteroatoms. The first-order chi connectivity index (χ1) is 10.2. The van der Waals surface area contributed by atoms with Gasteiger partial charge in [0.15, 0.2) is 12.2 Å². The van der Waals surface area contributed by atoms with Crippen LogP contribution in [-0.4, -0.2) is 24.1 Å². The summed E-state index contributed by atoms with van der Waals surface area (Å²) in [7, 11) is 0. The molecule has 106 valence electrons. The predicted molar refractivity (Wildman–Crippen MR) is 75.8 cm³/mol. The number of nitrogens with one attached hydrogen (secondary N) is 1. The van der Waals surface area contributed by atoms with Crippen molar-refractivity contribution in [1.82, 2.24) is 0 Å². The molecule has 2 unspecified atom stereocenters. The fraction of sp³-hybridized carbons (Fsp3) is 0.125. The Morgan fingerprint density at radius 1 is 0.905 bits per heavy atom. The van der Waals surface area contributed by atoms with Gasteiger partial charge in [0.2, 0.25) is 0 Å². The lowest BCUT2D eigenvalue weighted by molar-refractivity contribution is -0.135. The van der Waals surface area contributed by atoms with Crippen LogP contribution in [0.5, 0.6) is 5.75 Å². The van der Waals surface area contributed by atoms with Gasteiger partial charge in [0.25, 0.3) is 5.91 Å². The van der Waals surface area contributed by atoms with Crippen LogP contribution in [0.3, 0.4) is 0 Å². The first kappa shape index (κ1) is 13.3. The van der Waals surface area contributed by atoms with E-state index in [2.05, 4.69) is 5.32 Å². The van der Waals surface area contributed by atoms with Crippen LogP contribution < -0.4 is 10.1 Å². The van der Waals surface area contributed by atoms with E-state index >= 15 is 0 Å². The smallest absolute Gasteiger partial charge is 0.344 e. The highest BCUT2D eigenvalue weighted by atomic mass is 16.6. The topological polar surface area (TPSA) is 67.9 Å². The molecule has 3 rings (SSSR count). The average molecular weight is 283 g/mol. The summed E-state index contributed by atoms with van der Waals surface area (Å²) in [5.41, 5.74) is 0.660. The maximum Gasteiger partial charge on any atom is 0.344 e. The van der Waals surface area contributed by atoms with Crippen molar-refractivity contribution in [3.8, 4) is 5.75 Å². The summed E-state index contributed by atoms with van der Waals surface area (Å²) in [6.45, 7) is 0. The third-order valence-corrected chi connectivity index (χ3v) is 2.99. The molecule has 1 aliphatic heterocycles. The van der Waals surface area contributed by atoms with E-state index in [1.165, 1.54) is 0 Å². The lowest BCUT2D eigenvalue weighted by atomic mass is 10.2. The van der Waals surface area contributed by atoms with Crippen molar-refractivity contribution in [3.05, 3.63) is 60.7 Å². The number of benzene rings is 2. The van der Waals surface area contributed by atoms with Gasteiger partial charge in [0, 0.05) is 5.69 Å². The van der Waals surface area contributed by atoms with E-state index in [4.69, 9.17) is 9.47 Å². The van der Waals surface area contributed by atoms with Gasteiger partial charge >= 0.3 is 5.97 Å². The van der Waals surface area contributed by atoms with Gasteiger partial charge in [0.1, 0.15) is 5.75 Å². The number of esters is 1. The van der Waals surface area contributed by atoms with Crippen molar-refractivity contribution in [2.24, 2.45) is 0 Å². The van der Waals surface area contributed by atoms with Crippen molar-refractivity contribution >= 4 is 17.6 Å². The molecule has 1 saturated heterocycles. The molecule has 1 amide bonds. The molecule has 0 radical (unpaired) electrons. The Bertz CT molecular complexity index is 584. The van der Waals surface area contributed by atoms with Crippen molar-refractivity contribution in [3.63, 3.8) is 0 Å². The largest absolute Gasteiger partial charge is 0.425 e. The standard InChI is InChI=1S/C16H13NO4/c18-15(17-11-7-3-1-4-8-11)13-14(21-13)16(19)20-12-9-5-2-6-10-12/h1-10,13-14H,(H,17,18). The van der Waals surface area contributed by atoms with Crippen LogP contribution in [0.1, 0.15) is 0 Å². The molecule has 5 nitrogen and oxygen atoms in total. The van der Waals surface area contributed by atoms with Gasteiger partial charge in [-0.25, -0.2) is 4.79 Å². The molecule has 1 N–H and O–H groups in total. The van der Waals surface area contributed by atoms with Gasteiger partial charge in [-0.1, -0.05) is 36.4 Å². The monoisotopic (exact) mass is 283 g/mol. The second-order valence-electron chi connectivity index (χ2n) is 4.57. The van der Waals surface area contributed by atoms with Gasteiger partial charge in [-0.05, 0) is 24.3 Å². The normalized spacial score (nSPS) is 19.6. The summed E-state index contributed by atoms with van der Waals surface area (Å²) in [6, 6.07) is 17.7. The Morgan fingerprint density at radius 3 is 2.19 bits per heavy atom. The van der Waals surface area contributed by atoms with E-state index in [9.17, 15) is 9.59 Å². The molecule has 1 fully saturated rings. The maximum absolute atomic E-state index is 11.9. The first-order valence-electron chi connectivity index (χ1n) is 6.52. The van der Waals surface area contributed by atoms with E-state index in [0.717, 1.165) is 0 Å². The lowest BCUT2D eigenvalue weighted by Crippen LogP contribution is -2.25. The van der Waals surface area contributed by atoms with Gasteiger partial charge in [0.05, 0.1) is 0 Å². The van der Waals surface area contributed by atoms with E-state index < -0.39 is 18.2 Å². The number of hydrogen-bond acceptors (Lipinski definition) is 4. The van der Waals surface area contributed by atoms with Gasteiger partial charge < -0.3 is 14.8 Å². The number of hydrogen-bond donors (Lipinski definition) is 1. The Hall–Kier alpha value is -2.66. The molecule has 0 aliphatic carbocycles. The number of para-hydroxylation sites is 2. The second-order valence-corrected chi connectivity index (χ2v) is 4.57. The number of amides is 1. The molecular weight excluding hydrogens is 270 g/mol. The first-order valence-corrected chi connectivity index (χ1v) is 6.52. The maximum atomic E-state index is 11.9. The summed E-state index contributed by atoms with van der Waals surface area (Å²) in [4.78, 5) is 23.7. The van der Waals surface area contributed by atoms with E-state index in [-0.39, 0.29) is 5.91 Å². The molecule has 0 aromatic heterocycles. The highest BCUT2D eigenvalue weighted by molar-refractivity contribution is 6.00. The summed E-state index contributed by atoms with van der Waals surface area (Å²) < 4.78 is 10.2. The second kappa shape index (κ2) is 5.76. The Kier molecular flexibility index (Phi) is 3.66. The van der Waals surface area contributed by atoms with Crippen molar-refractivity contribution in [2.75, 3.05) is 5.32 Å². The molecule has 0 spiro atoms. The number of rotatable bonds is 4. The molecule has 2 aromatic carbocycles. The average Bonchev–Trinajstić information content (AvgIpc) is 3.30. The third-order valence-electron chi connectivity index (χ3n) is 2.99. The Morgan fingerprint density at radius 2 is 1.52 bits per heavy atom. The molecule has 1 heterocycles. The van der Waals surface area contributed by atoms with Gasteiger partial charge in [-0.15, -0.1) is 0 Å². The van der Waals surface area contributed by atoms with Crippen LogP contribution in [0, 0.1) is 0 Å². The van der Waals surface area contributed by atoms with Crippen molar-refractivity contribution in [2.45, 2.75) is 12.2 Å². The van der Waals surface area contributed by atoms with Crippen molar-refractivity contribution in [1.29, 1.82) is 0 Å². The van der Waals surface area contributed by atoms with Crippen LogP contribution in [0.15, 0.2) is 60.7 Å². The zero-order chi connectivity index (χ0) is 14.7. The summed E-state index contributed by atoms with van der Waals surface area (Å²) >= 11 is 0.